The molecule has 100 valence electrons. The van der Waals surface area contributed by atoms with Crippen LogP contribution < -0.4 is 16.2 Å². The zero-order valence-corrected chi connectivity index (χ0v) is 12.1. The first-order valence-electron chi connectivity index (χ1n) is 6.28. The Kier molecular flexibility index (Phi) is 2.99. The summed E-state index contributed by atoms with van der Waals surface area (Å²) in [4.78, 5) is 5.79. The van der Waals surface area contributed by atoms with E-state index in [1.54, 1.807) is 23.1 Å². The average Bonchev–Trinajstić information content (AvgIpc) is 3.07. The lowest BCUT2D eigenvalue weighted by Crippen LogP contribution is -2.35. The van der Waals surface area contributed by atoms with Gasteiger partial charge in [-0.05, 0) is 24.3 Å². The second-order valence-corrected chi connectivity index (χ2v) is 6.57. The normalized spacial score (nSPS) is 16.9. The van der Waals surface area contributed by atoms with Gasteiger partial charge in [-0.3, -0.25) is 5.43 Å². The van der Waals surface area contributed by atoms with Crippen LogP contribution in [0.15, 0.2) is 53.4 Å². The van der Waals surface area contributed by atoms with Crippen LogP contribution in [0.25, 0.3) is 10.2 Å². The second kappa shape index (κ2) is 4.97. The quantitative estimate of drug-likeness (QED) is 0.644. The van der Waals surface area contributed by atoms with Crippen LogP contribution in [0.4, 0.5) is 10.8 Å². The van der Waals surface area contributed by atoms with Crippen LogP contribution in [-0.4, -0.2) is 10.5 Å². The van der Waals surface area contributed by atoms with Gasteiger partial charge in [-0.25, -0.2) is 10.4 Å². The fourth-order valence-corrected chi connectivity index (χ4v) is 3.90. The van der Waals surface area contributed by atoms with Gasteiger partial charge < -0.3 is 5.32 Å². The SMILES string of the molecule is c1ccc2c(c1)NC(NNc1nc3ccccc3s1)S2. The van der Waals surface area contributed by atoms with Crippen molar-refractivity contribution in [1.29, 1.82) is 0 Å². The summed E-state index contributed by atoms with van der Waals surface area (Å²) in [5.74, 6) is 0. The molecular formula is C14H12N4S2. The summed E-state index contributed by atoms with van der Waals surface area (Å²) in [6.45, 7) is 0. The lowest BCUT2D eigenvalue weighted by molar-refractivity contribution is 0.810. The largest absolute Gasteiger partial charge is 0.359 e. The van der Waals surface area contributed by atoms with E-state index >= 15 is 0 Å². The number of benzene rings is 2. The Balaban J connectivity index is 1.44. The number of thioether (sulfide) groups is 1. The molecule has 0 fully saturated rings. The molecule has 0 radical (unpaired) electrons. The molecule has 4 rings (SSSR count). The minimum absolute atomic E-state index is 0.111. The maximum Gasteiger partial charge on any atom is 0.198 e. The molecule has 2 heterocycles. The highest BCUT2D eigenvalue weighted by Crippen LogP contribution is 2.36. The van der Waals surface area contributed by atoms with E-state index in [1.165, 1.54) is 15.3 Å². The summed E-state index contributed by atoms with van der Waals surface area (Å²) in [5.41, 5.74) is 8.74. The standard InChI is InChI=1S/C14H12N4S2/c1-3-7-11-9(5-1)15-13(19-11)17-18-14-16-10-6-2-4-8-12(10)20-14/h1-8,13,15,17H,(H,16,18). The maximum atomic E-state index is 4.53. The molecule has 0 saturated heterocycles. The van der Waals surface area contributed by atoms with Gasteiger partial charge in [0.25, 0.3) is 0 Å². The number of fused-ring (bicyclic) bond motifs is 2. The summed E-state index contributed by atoms with van der Waals surface area (Å²) in [7, 11) is 0. The molecule has 1 unspecified atom stereocenters. The minimum Gasteiger partial charge on any atom is -0.359 e. The van der Waals surface area contributed by atoms with Crippen LogP contribution in [0.3, 0.4) is 0 Å². The van der Waals surface area contributed by atoms with E-state index in [-0.39, 0.29) is 5.50 Å². The fourth-order valence-electron chi connectivity index (χ4n) is 2.10. The Morgan fingerprint density at radius 3 is 2.80 bits per heavy atom. The number of rotatable bonds is 3. The Hall–Kier alpha value is -1.76. The summed E-state index contributed by atoms with van der Waals surface area (Å²) in [5, 5.41) is 4.28. The number of aromatic nitrogens is 1. The predicted octanol–water partition coefficient (Wildman–Crippen LogP) is 3.71. The van der Waals surface area contributed by atoms with Gasteiger partial charge in [0, 0.05) is 10.6 Å². The molecule has 0 bridgehead atoms. The summed E-state index contributed by atoms with van der Waals surface area (Å²) < 4.78 is 1.19. The van der Waals surface area contributed by atoms with E-state index in [2.05, 4.69) is 45.4 Å². The summed E-state index contributed by atoms with van der Waals surface area (Å²) in [6.07, 6.45) is 0. The lowest BCUT2D eigenvalue weighted by Gasteiger charge is -2.12. The van der Waals surface area contributed by atoms with Crippen LogP contribution in [0.2, 0.25) is 0 Å². The average molecular weight is 300 g/mol. The second-order valence-electron chi connectivity index (χ2n) is 4.39. The number of hydrogen-bond donors (Lipinski definition) is 3. The van der Waals surface area contributed by atoms with Gasteiger partial charge in [-0.1, -0.05) is 47.4 Å². The topological polar surface area (TPSA) is 49.0 Å². The Labute approximate surface area is 124 Å². The van der Waals surface area contributed by atoms with Crippen LogP contribution in [0.5, 0.6) is 0 Å². The Morgan fingerprint density at radius 1 is 1.05 bits per heavy atom. The van der Waals surface area contributed by atoms with Gasteiger partial charge >= 0.3 is 0 Å². The number of para-hydroxylation sites is 2. The van der Waals surface area contributed by atoms with Crippen molar-refractivity contribution in [2.24, 2.45) is 0 Å². The van der Waals surface area contributed by atoms with Crippen molar-refractivity contribution in [3.63, 3.8) is 0 Å². The summed E-state index contributed by atoms with van der Waals surface area (Å²) >= 11 is 3.40. The number of hydrogen-bond acceptors (Lipinski definition) is 6. The van der Waals surface area contributed by atoms with E-state index < -0.39 is 0 Å². The molecule has 3 aromatic rings. The molecule has 1 atom stereocenters. The third-order valence-corrected chi connectivity index (χ3v) is 5.06. The number of anilines is 2. The van der Waals surface area contributed by atoms with Crippen molar-refractivity contribution in [1.82, 2.24) is 10.4 Å². The highest BCUT2D eigenvalue weighted by atomic mass is 32.2. The van der Waals surface area contributed by atoms with Crippen LogP contribution in [0, 0.1) is 0 Å². The molecule has 6 heteroatoms. The molecule has 0 aliphatic carbocycles. The van der Waals surface area contributed by atoms with Crippen molar-refractivity contribution in [3.05, 3.63) is 48.5 Å². The number of nitrogens with zero attached hydrogens (tertiary/aromatic N) is 1. The number of nitrogens with one attached hydrogen (secondary N) is 3. The van der Waals surface area contributed by atoms with Crippen LogP contribution in [0.1, 0.15) is 0 Å². The molecule has 1 aliphatic heterocycles. The van der Waals surface area contributed by atoms with E-state index in [0.717, 1.165) is 10.6 Å². The molecule has 1 aromatic heterocycles. The third-order valence-electron chi connectivity index (χ3n) is 3.02. The smallest absolute Gasteiger partial charge is 0.198 e. The first kappa shape index (κ1) is 12.0. The van der Waals surface area contributed by atoms with Crippen LogP contribution in [-0.2, 0) is 0 Å². The van der Waals surface area contributed by atoms with Gasteiger partial charge in [0.15, 0.2) is 5.13 Å². The van der Waals surface area contributed by atoms with Gasteiger partial charge in [-0.2, -0.15) is 0 Å². The van der Waals surface area contributed by atoms with E-state index in [1.807, 2.05) is 24.3 Å². The maximum absolute atomic E-state index is 4.53. The lowest BCUT2D eigenvalue weighted by atomic mass is 10.3. The molecule has 0 spiro atoms. The number of hydrazine groups is 1. The molecular weight excluding hydrogens is 288 g/mol. The Bertz CT molecular complexity index is 698. The molecule has 0 saturated carbocycles. The zero-order valence-electron chi connectivity index (χ0n) is 10.5. The molecule has 1 aliphatic rings. The van der Waals surface area contributed by atoms with Crippen molar-refractivity contribution >= 4 is 44.1 Å². The van der Waals surface area contributed by atoms with Gasteiger partial charge in [0.05, 0.1) is 10.2 Å². The van der Waals surface area contributed by atoms with Gasteiger partial charge in [0.2, 0.25) is 0 Å². The zero-order chi connectivity index (χ0) is 13.4. The molecule has 3 N–H and O–H groups in total. The molecule has 2 aromatic carbocycles. The van der Waals surface area contributed by atoms with Crippen LogP contribution >= 0.6 is 23.1 Å². The van der Waals surface area contributed by atoms with E-state index in [4.69, 9.17) is 0 Å². The van der Waals surface area contributed by atoms with E-state index in [9.17, 15) is 0 Å². The van der Waals surface area contributed by atoms with Gasteiger partial charge in [0.1, 0.15) is 5.50 Å². The highest BCUT2D eigenvalue weighted by Gasteiger charge is 2.20. The number of thiazole rings is 1. The first-order valence-corrected chi connectivity index (χ1v) is 7.97. The summed E-state index contributed by atoms with van der Waals surface area (Å²) in [6, 6.07) is 16.4. The predicted molar refractivity (Wildman–Crippen MR) is 86.1 cm³/mol. The van der Waals surface area contributed by atoms with Gasteiger partial charge in [-0.15, -0.1) is 0 Å². The molecule has 0 amide bonds. The molecule has 20 heavy (non-hydrogen) atoms. The monoisotopic (exact) mass is 300 g/mol. The highest BCUT2D eigenvalue weighted by molar-refractivity contribution is 8.00. The van der Waals surface area contributed by atoms with Crippen molar-refractivity contribution in [2.75, 3.05) is 10.7 Å². The van der Waals surface area contributed by atoms with Crippen molar-refractivity contribution in [3.8, 4) is 0 Å². The first-order chi connectivity index (χ1) is 9.88. The van der Waals surface area contributed by atoms with Crippen molar-refractivity contribution < 1.29 is 0 Å². The third kappa shape index (κ3) is 2.22. The van der Waals surface area contributed by atoms with E-state index in [0.29, 0.717) is 0 Å². The molecule has 4 nitrogen and oxygen atoms in total. The Morgan fingerprint density at radius 2 is 1.90 bits per heavy atom. The van der Waals surface area contributed by atoms with Crippen molar-refractivity contribution in [2.45, 2.75) is 10.4 Å². The fraction of sp³-hybridized carbons (Fsp3) is 0.0714. The minimum atomic E-state index is 0.111.